The van der Waals surface area contributed by atoms with E-state index in [1.807, 2.05) is 12.3 Å². The quantitative estimate of drug-likeness (QED) is 0.899. The van der Waals surface area contributed by atoms with Crippen molar-refractivity contribution >= 4 is 10.9 Å². The molecule has 19 heavy (non-hydrogen) atoms. The van der Waals surface area contributed by atoms with Gasteiger partial charge in [-0.15, -0.1) is 0 Å². The minimum absolute atomic E-state index is 0.150. The van der Waals surface area contributed by atoms with E-state index in [2.05, 4.69) is 48.4 Å². The molecule has 3 rings (SSSR count). The number of nitrogens with one attached hydrogen (secondary N) is 1. The lowest BCUT2D eigenvalue weighted by atomic mass is 9.79. The highest BCUT2D eigenvalue weighted by Gasteiger charge is 2.36. The lowest BCUT2D eigenvalue weighted by Gasteiger charge is -2.33. The fraction of sp³-hybridized carbons (Fsp3) is 0.471. The third-order valence-electron chi connectivity index (χ3n) is 4.16. The molecule has 1 atom stereocenters. The Labute approximate surface area is 115 Å². The summed E-state index contributed by atoms with van der Waals surface area (Å²) in [6.07, 6.45) is 5.58. The van der Waals surface area contributed by atoms with Crippen molar-refractivity contribution < 1.29 is 0 Å². The number of rotatable bonds is 3. The van der Waals surface area contributed by atoms with Crippen LogP contribution < -0.4 is 5.32 Å². The molecule has 0 radical (unpaired) electrons. The molecule has 1 aromatic carbocycles. The molecule has 1 fully saturated rings. The van der Waals surface area contributed by atoms with E-state index in [1.165, 1.54) is 30.2 Å². The van der Waals surface area contributed by atoms with E-state index < -0.39 is 0 Å². The first-order valence-corrected chi connectivity index (χ1v) is 7.30. The van der Waals surface area contributed by atoms with E-state index in [4.69, 9.17) is 0 Å². The van der Waals surface area contributed by atoms with Crippen molar-refractivity contribution in [1.82, 2.24) is 10.3 Å². The topological polar surface area (TPSA) is 24.9 Å². The number of aromatic nitrogens is 1. The minimum atomic E-state index is 0.150. The van der Waals surface area contributed by atoms with Crippen LogP contribution in [0.25, 0.3) is 10.9 Å². The van der Waals surface area contributed by atoms with Crippen molar-refractivity contribution in [2.24, 2.45) is 5.92 Å². The molecule has 2 heteroatoms. The Bertz CT molecular complexity index is 563. The van der Waals surface area contributed by atoms with Gasteiger partial charge in [0.2, 0.25) is 0 Å². The molecule has 100 valence electrons. The third kappa shape index (κ3) is 2.25. The largest absolute Gasteiger partial charge is 0.307 e. The summed E-state index contributed by atoms with van der Waals surface area (Å²) in [5.74, 6) is 0.692. The molecule has 1 aliphatic rings. The van der Waals surface area contributed by atoms with Crippen LogP contribution in [0.5, 0.6) is 0 Å². The predicted octanol–water partition coefficient (Wildman–Crippen LogP) is 3.86. The average Bonchev–Trinajstić information content (AvgIpc) is 2.87. The van der Waals surface area contributed by atoms with Gasteiger partial charge in [0.05, 0.1) is 5.52 Å². The van der Waals surface area contributed by atoms with Crippen molar-refractivity contribution in [3.63, 3.8) is 0 Å². The molecule has 1 aliphatic heterocycles. The Hall–Kier alpha value is -1.41. The first-order chi connectivity index (χ1) is 9.21. The molecular formula is C17H22N2. The zero-order valence-electron chi connectivity index (χ0n) is 11.8. The van der Waals surface area contributed by atoms with Crippen LogP contribution in [0.15, 0.2) is 36.5 Å². The Morgan fingerprint density at radius 3 is 2.89 bits per heavy atom. The molecule has 2 aromatic rings. The second kappa shape index (κ2) is 4.93. The summed E-state index contributed by atoms with van der Waals surface area (Å²) in [5, 5.41) is 5.09. The molecule has 0 aliphatic carbocycles. The highest BCUT2D eigenvalue weighted by Crippen LogP contribution is 2.39. The van der Waals surface area contributed by atoms with E-state index in [9.17, 15) is 0 Å². The van der Waals surface area contributed by atoms with Crippen molar-refractivity contribution in [3.05, 3.63) is 42.1 Å². The predicted molar refractivity (Wildman–Crippen MR) is 80.1 cm³/mol. The molecule has 1 aromatic heterocycles. The molecule has 1 saturated heterocycles. The zero-order valence-corrected chi connectivity index (χ0v) is 11.8. The van der Waals surface area contributed by atoms with Gasteiger partial charge >= 0.3 is 0 Å². The third-order valence-corrected chi connectivity index (χ3v) is 4.16. The van der Waals surface area contributed by atoms with Crippen LogP contribution in [0.3, 0.4) is 0 Å². The highest BCUT2D eigenvalue weighted by atomic mass is 15.0. The van der Waals surface area contributed by atoms with Gasteiger partial charge in [-0.1, -0.05) is 32.0 Å². The lowest BCUT2D eigenvalue weighted by molar-refractivity contribution is 0.313. The van der Waals surface area contributed by atoms with Crippen LogP contribution in [0.4, 0.5) is 0 Å². The Balaban J connectivity index is 2.15. The number of benzene rings is 1. The van der Waals surface area contributed by atoms with Gasteiger partial charge in [0, 0.05) is 17.1 Å². The van der Waals surface area contributed by atoms with Gasteiger partial charge in [-0.25, -0.2) is 0 Å². The van der Waals surface area contributed by atoms with E-state index in [0.717, 1.165) is 12.1 Å². The molecule has 0 saturated carbocycles. The second-order valence-electron chi connectivity index (χ2n) is 6.09. The molecule has 2 nitrogen and oxygen atoms in total. The summed E-state index contributed by atoms with van der Waals surface area (Å²) in [6, 6.07) is 10.8. The SMILES string of the molecule is CC(C)CC1(c2cccc3ncccc23)CCCN1. The molecule has 1 N–H and O–H groups in total. The number of fused-ring (bicyclic) bond motifs is 1. The van der Waals surface area contributed by atoms with Crippen molar-refractivity contribution in [1.29, 1.82) is 0 Å². The summed E-state index contributed by atoms with van der Waals surface area (Å²) in [4.78, 5) is 4.50. The van der Waals surface area contributed by atoms with E-state index in [0.29, 0.717) is 5.92 Å². The summed E-state index contributed by atoms with van der Waals surface area (Å²) in [7, 11) is 0. The van der Waals surface area contributed by atoms with E-state index in [1.54, 1.807) is 0 Å². The van der Waals surface area contributed by atoms with Crippen molar-refractivity contribution in [2.75, 3.05) is 6.54 Å². The van der Waals surface area contributed by atoms with Crippen LogP contribution in [0, 0.1) is 5.92 Å². The molecule has 0 bridgehead atoms. The molecule has 2 heterocycles. The fourth-order valence-corrected chi connectivity index (χ4v) is 3.54. The second-order valence-corrected chi connectivity index (χ2v) is 6.09. The fourth-order valence-electron chi connectivity index (χ4n) is 3.54. The summed E-state index contributed by atoms with van der Waals surface area (Å²) in [5.41, 5.74) is 2.69. The number of nitrogens with zero attached hydrogens (tertiary/aromatic N) is 1. The maximum Gasteiger partial charge on any atom is 0.0705 e. The van der Waals surface area contributed by atoms with Crippen LogP contribution in [-0.2, 0) is 5.54 Å². The van der Waals surface area contributed by atoms with E-state index >= 15 is 0 Å². The van der Waals surface area contributed by atoms with Crippen molar-refractivity contribution in [3.8, 4) is 0 Å². The van der Waals surface area contributed by atoms with Gasteiger partial charge in [-0.05, 0) is 49.4 Å². The van der Waals surface area contributed by atoms with Crippen LogP contribution in [0.2, 0.25) is 0 Å². The number of hydrogen-bond donors (Lipinski definition) is 1. The number of pyridine rings is 1. The summed E-state index contributed by atoms with van der Waals surface area (Å²) >= 11 is 0. The van der Waals surface area contributed by atoms with E-state index in [-0.39, 0.29) is 5.54 Å². The molecule has 0 amide bonds. The molecular weight excluding hydrogens is 232 g/mol. The summed E-state index contributed by atoms with van der Waals surface area (Å²) in [6.45, 7) is 5.75. The molecule has 1 unspecified atom stereocenters. The standard InChI is InChI=1S/C17H22N2/c1-13(2)12-17(9-5-11-19-17)15-7-3-8-16-14(15)6-4-10-18-16/h3-4,6-8,10,13,19H,5,9,11-12H2,1-2H3. The maximum absolute atomic E-state index is 4.50. The van der Waals surface area contributed by atoms with Crippen LogP contribution in [0.1, 0.15) is 38.7 Å². The first-order valence-electron chi connectivity index (χ1n) is 7.30. The van der Waals surface area contributed by atoms with Gasteiger partial charge < -0.3 is 5.32 Å². The lowest BCUT2D eigenvalue weighted by Crippen LogP contribution is -2.38. The van der Waals surface area contributed by atoms with Gasteiger partial charge in [0.1, 0.15) is 0 Å². The van der Waals surface area contributed by atoms with Gasteiger partial charge in [0.25, 0.3) is 0 Å². The highest BCUT2D eigenvalue weighted by molar-refractivity contribution is 5.83. The normalized spacial score (nSPS) is 23.3. The minimum Gasteiger partial charge on any atom is -0.307 e. The molecule has 0 spiro atoms. The smallest absolute Gasteiger partial charge is 0.0705 e. The van der Waals surface area contributed by atoms with Gasteiger partial charge in [-0.3, -0.25) is 4.98 Å². The zero-order chi connectivity index (χ0) is 13.3. The van der Waals surface area contributed by atoms with Crippen LogP contribution >= 0.6 is 0 Å². The Morgan fingerprint density at radius 2 is 2.16 bits per heavy atom. The number of hydrogen-bond acceptors (Lipinski definition) is 2. The average molecular weight is 254 g/mol. The summed E-state index contributed by atoms with van der Waals surface area (Å²) < 4.78 is 0. The van der Waals surface area contributed by atoms with Gasteiger partial charge in [0.15, 0.2) is 0 Å². The Morgan fingerprint density at radius 1 is 1.26 bits per heavy atom. The maximum atomic E-state index is 4.50. The Kier molecular flexibility index (Phi) is 3.28. The monoisotopic (exact) mass is 254 g/mol. The van der Waals surface area contributed by atoms with Crippen molar-refractivity contribution in [2.45, 2.75) is 38.6 Å². The van der Waals surface area contributed by atoms with Gasteiger partial charge in [-0.2, -0.15) is 0 Å². The van der Waals surface area contributed by atoms with Crippen LogP contribution in [-0.4, -0.2) is 11.5 Å². The first kappa shape index (κ1) is 12.6.